The van der Waals surface area contributed by atoms with Crippen molar-refractivity contribution in [3.8, 4) is 5.75 Å². The van der Waals surface area contributed by atoms with Crippen LogP contribution in [0.1, 0.15) is 50.7 Å². The molecule has 0 aliphatic carbocycles. The first-order valence-corrected chi connectivity index (χ1v) is 12.6. The van der Waals surface area contributed by atoms with Gasteiger partial charge < -0.3 is 5.11 Å². The van der Waals surface area contributed by atoms with E-state index in [-0.39, 0.29) is 22.5 Å². The Kier molecular flexibility index (Phi) is 7.04. The van der Waals surface area contributed by atoms with Crippen LogP contribution in [0.15, 0.2) is 70.0 Å². The third-order valence-electron chi connectivity index (χ3n) is 5.05. The van der Waals surface area contributed by atoms with E-state index in [2.05, 4.69) is 15.9 Å². The Morgan fingerprint density at radius 1 is 0.839 bits per heavy atom. The summed E-state index contributed by atoms with van der Waals surface area (Å²) in [5.74, 6) is 0.248. The number of anilines is 2. The van der Waals surface area contributed by atoms with Gasteiger partial charge in [0.15, 0.2) is 0 Å². The molecule has 0 amide bonds. The molecule has 0 saturated heterocycles. The molecule has 0 spiro atoms. The molecule has 3 aromatic carbocycles. The molecule has 0 aliphatic heterocycles. The molecule has 7 heteroatoms. The smallest absolute Gasteiger partial charge is 0.268 e. The number of hydrogen-bond donors (Lipinski definition) is 1. The van der Waals surface area contributed by atoms with Crippen molar-refractivity contribution in [1.82, 2.24) is 0 Å². The zero-order valence-corrected chi connectivity index (χ0v) is 21.0. The van der Waals surface area contributed by atoms with Crippen molar-refractivity contribution >= 4 is 48.9 Å². The minimum absolute atomic E-state index is 0.0162. The number of halogens is 2. The van der Waals surface area contributed by atoms with Gasteiger partial charge in [0.2, 0.25) is 0 Å². The molecule has 3 rings (SSSR count). The van der Waals surface area contributed by atoms with Gasteiger partial charge in [0, 0.05) is 9.50 Å². The first kappa shape index (κ1) is 23.6. The van der Waals surface area contributed by atoms with Crippen LogP contribution in [0.5, 0.6) is 5.75 Å². The fourth-order valence-electron chi connectivity index (χ4n) is 3.38. The highest BCUT2D eigenvalue weighted by molar-refractivity contribution is 9.10. The lowest BCUT2D eigenvalue weighted by molar-refractivity contribution is 0.454. The number of phenolic OH excluding ortho intramolecular Hbond substituents is 1. The van der Waals surface area contributed by atoms with Gasteiger partial charge in [-0.25, -0.2) is 12.7 Å². The number of hydrogen-bond acceptors (Lipinski definition) is 3. The lowest BCUT2D eigenvalue weighted by Crippen LogP contribution is -2.26. The normalized spacial score (nSPS) is 11.9. The predicted octanol–water partition coefficient (Wildman–Crippen LogP) is 7.58. The van der Waals surface area contributed by atoms with Gasteiger partial charge >= 0.3 is 0 Å². The van der Waals surface area contributed by atoms with Crippen LogP contribution in [0.2, 0.25) is 5.02 Å². The molecule has 0 saturated carbocycles. The van der Waals surface area contributed by atoms with Crippen molar-refractivity contribution < 1.29 is 13.5 Å². The Labute approximate surface area is 197 Å². The maximum absolute atomic E-state index is 13.8. The van der Waals surface area contributed by atoms with Crippen LogP contribution in [0.25, 0.3) is 0 Å². The van der Waals surface area contributed by atoms with E-state index >= 15 is 0 Å². The van der Waals surface area contributed by atoms with Crippen molar-refractivity contribution in [2.24, 2.45) is 0 Å². The highest BCUT2D eigenvalue weighted by atomic mass is 79.9. The number of rotatable bonds is 6. The molecule has 0 unspecified atom stereocenters. The van der Waals surface area contributed by atoms with Gasteiger partial charge in [-0.15, -0.1) is 0 Å². The minimum Gasteiger partial charge on any atom is -0.507 e. The number of sulfonamides is 1. The summed E-state index contributed by atoms with van der Waals surface area (Å²) in [7, 11) is -3.96. The Balaban J connectivity index is 2.32. The summed E-state index contributed by atoms with van der Waals surface area (Å²) in [6, 6.07) is 16.7. The summed E-state index contributed by atoms with van der Waals surface area (Å²) in [6.45, 7) is 7.89. The Hall–Kier alpha value is -2.02. The van der Waals surface area contributed by atoms with E-state index < -0.39 is 10.0 Å². The first-order chi connectivity index (χ1) is 14.5. The molecule has 0 heterocycles. The standard InChI is InChI=1S/C24H25BrClNO3S/c1-15(2)22-13-20(14-23(16(3)4)24(22)28)27(19-9-5-17(25)6-10-19)31(29,30)21-11-7-18(26)8-12-21/h5-16,28H,1-4H3. The lowest BCUT2D eigenvalue weighted by Gasteiger charge is -2.27. The minimum atomic E-state index is -3.96. The second-order valence-electron chi connectivity index (χ2n) is 7.98. The van der Waals surface area contributed by atoms with E-state index in [0.717, 1.165) is 4.47 Å². The van der Waals surface area contributed by atoms with Gasteiger partial charge in [-0.05, 0) is 83.6 Å². The molecule has 0 bridgehead atoms. The maximum Gasteiger partial charge on any atom is 0.268 e. The molecular formula is C24H25BrClNO3S. The number of phenols is 1. The Morgan fingerprint density at radius 3 is 1.77 bits per heavy atom. The van der Waals surface area contributed by atoms with E-state index in [4.69, 9.17) is 11.6 Å². The fourth-order valence-corrected chi connectivity index (χ4v) is 5.24. The lowest BCUT2D eigenvalue weighted by atomic mass is 9.93. The molecule has 0 fully saturated rings. The average Bonchev–Trinajstić information content (AvgIpc) is 2.70. The molecule has 1 N–H and O–H groups in total. The Bertz CT molecular complexity index is 1150. The fraction of sp³-hybridized carbons (Fsp3) is 0.250. The number of benzene rings is 3. The summed E-state index contributed by atoms with van der Waals surface area (Å²) < 4.78 is 29.7. The SMILES string of the molecule is CC(C)c1cc(N(c2ccc(Br)cc2)S(=O)(=O)c2ccc(Cl)cc2)cc(C(C)C)c1O. The monoisotopic (exact) mass is 521 g/mol. The van der Waals surface area contributed by atoms with Crippen molar-refractivity contribution in [3.63, 3.8) is 0 Å². The zero-order chi connectivity index (χ0) is 22.9. The third-order valence-corrected chi connectivity index (χ3v) is 7.60. The molecule has 4 nitrogen and oxygen atoms in total. The number of aromatic hydroxyl groups is 1. The van der Waals surface area contributed by atoms with Crippen molar-refractivity contribution in [3.05, 3.63) is 81.3 Å². The quantitative estimate of drug-likeness (QED) is 0.363. The second-order valence-corrected chi connectivity index (χ2v) is 11.1. The van der Waals surface area contributed by atoms with Crippen LogP contribution < -0.4 is 4.31 Å². The van der Waals surface area contributed by atoms with Gasteiger partial charge in [-0.2, -0.15) is 0 Å². The summed E-state index contributed by atoms with van der Waals surface area (Å²) in [5, 5.41) is 11.3. The average molecular weight is 523 g/mol. The summed E-state index contributed by atoms with van der Waals surface area (Å²) in [6.07, 6.45) is 0. The number of nitrogens with zero attached hydrogens (tertiary/aromatic N) is 1. The van der Waals surface area contributed by atoms with E-state index in [1.807, 2.05) is 27.7 Å². The first-order valence-electron chi connectivity index (χ1n) is 9.95. The summed E-state index contributed by atoms with van der Waals surface area (Å²) in [5.41, 5.74) is 2.37. The topological polar surface area (TPSA) is 57.6 Å². The van der Waals surface area contributed by atoms with E-state index in [1.54, 1.807) is 48.5 Å². The molecule has 31 heavy (non-hydrogen) atoms. The van der Waals surface area contributed by atoms with Crippen molar-refractivity contribution in [2.75, 3.05) is 4.31 Å². The second kappa shape index (κ2) is 9.23. The third kappa shape index (κ3) is 4.92. The zero-order valence-electron chi connectivity index (χ0n) is 17.8. The van der Waals surface area contributed by atoms with Crippen molar-refractivity contribution in [2.45, 2.75) is 44.4 Å². The Morgan fingerprint density at radius 2 is 1.32 bits per heavy atom. The van der Waals surface area contributed by atoms with Gasteiger partial charge in [-0.3, -0.25) is 0 Å². The molecular weight excluding hydrogens is 498 g/mol. The molecule has 0 aliphatic rings. The van der Waals surface area contributed by atoms with E-state index in [9.17, 15) is 13.5 Å². The molecule has 164 valence electrons. The van der Waals surface area contributed by atoms with Gasteiger partial charge in [0.05, 0.1) is 16.3 Å². The molecule has 0 radical (unpaired) electrons. The summed E-state index contributed by atoms with van der Waals surface area (Å²) >= 11 is 9.39. The van der Waals surface area contributed by atoms with Crippen LogP contribution in [0.4, 0.5) is 11.4 Å². The van der Waals surface area contributed by atoms with Crippen molar-refractivity contribution in [1.29, 1.82) is 0 Å². The van der Waals surface area contributed by atoms with Crippen LogP contribution in [0, 0.1) is 0 Å². The highest BCUT2D eigenvalue weighted by Crippen LogP contribution is 2.41. The van der Waals surface area contributed by atoms with Gasteiger partial charge in [0.25, 0.3) is 10.0 Å². The van der Waals surface area contributed by atoms with Crippen LogP contribution in [-0.4, -0.2) is 13.5 Å². The molecule has 3 aromatic rings. The summed E-state index contributed by atoms with van der Waals surface area (Å²) in [4.78, 5) is 0.130. The maximum atomic E-state index is 13.8. The van der Waals surface area contributed by atoms with Crippen LogP contribution in [-0.2, 0) is 10.0 Å². The van der Waals surface area contributed by atoms with Gasteiger partial charge in [-0.1, -0.05) is 55.2 Å². The molecule has 0 aromatic heterocycles. The van der Waals surface area contributed by atoms with Gasteiger partial charge in [0.1, 0.15) is 5.75 Å². The predicted molar refractivity (Wildman–Crippen MR) is 131 cm³/mol. The van der Waals surface area contributed by atoms with Crippen LogP contribution in [0.3, 0.4) is 0 Å². The molecule has 0 atom stereocenters. The highest BCUT2D eigenvalue weighted by Gasteiger charge is 2.29. The largest absolute Gasteiger partial charge is 0.507 e. The van der Waals surface area contributed by atoms with Crippen LogP contribution >= 0.6 is 27.5 Å². The van der Waals surface area contributed by atoms with E-state index in [0.29, 0.717) is 27.5 Å². The van der Waals surface area contributed by atoms with E-state index in [1.165, 1.54) is 16.4 Å².